The SMILES string of the molecule is NC1CCCc2nnn(-c3ccc(O)cc3)c21. The van der Waals surface area contributed by atoms with Crippen LogP contribution in [0.4, 0.5) is 0 Å². The van der Waals surface area contributed by atoms with E-state index in [0.29, 0.717) is 0 Å². The van der Waals surface area contributed by atoms with Crippen LogP contribution in [0.15, 0.2) is 24.3 Å². The molecule has 0 saturated heterocycles. The van der Waals surface area contributed by atoms with Gasteiger partial charge < -0.3 is 10.8 Å². The van der Waals surface area contributed by atoms with Crippen molar-refractivity contribution in [1.29, 1.82) is 0 Å². The van der Waals surface area contributed by atoms with Crippen molar-refractivity contribution in [3.63, 3.8) is 0 Å². The fourth-order valence-corrected chi connectivity index (χ4v) is 2.28. The lowest BCUT2D eigenvalue weighted by atomic mass is 9.96. The molecule has 0 fully saturated rings. The molecule has 1 aliphatic carbocycles. The lowest BCUT2D eigenvalue weighted by molar-refractivity contribution is 0.475. The van der Waals surface area contributed by atoms with Gasteiger partial charge in [0.05, 0.1) is 17.1 Å². The summed E-state index contributed by atoms with van der Waals surface area (Å²) in [5, 5.41) is 17.6. The number of phenols is 1. The predicted molar refractivity (Wildman–Crippen MR) is 62.9 cm³/mol. The maximum absolute atomic E-state index is 9.27. The summed E-state index contributed by atoms with van der Waals surface area (Å²) >= 11 is 0. The third kappa shape index (κ3) is 1.68. The van der Waals surface area contributed by atoms with Crippen LogP contribution in [0.2, 0.25) is 0 Å². The van der Waals surface area contributed by atoms with Crippen molar-refractivity contribution in [3.05, 3.63) is 35.7 Å². The highest BCUT2D eigenvalue weighted by atomic mass is 16.3. The average molecular weight is 230 g/mol. The third-order valence-corrected chi connectivity index (χ3v) is 3.15. The summed E-state index contributed by atoms with van der Waals surface area (Å²) in [6.07, 6.45) is 2.99. The molecular formula is C12H14N4O. The molecule has 5 nitrogen and oxygen atoms in total. The first-order valence-corrected chi connectivity index (χ1v) is 5.75. The molecule has 0 saturated carbocycles. The van der Waals surface area contributed by atoms with E-state index in [1.165, 1.54) is 0 Å². The Labute approximate surface area is 98.9 Å². The van der Waals surface area contributed by atoms with Gasteiger partial charge in [-0.05, 0) is 43.5 Å². The number of phenolic OH excluding ortho intramolecular Hbond substituents is 1. The molecule has 0 aliphatic heterocycles. The molecule has 2 aromatic rings. The smallest absolute Gasteiger partial charge is 0.115 e. The zero-order valence-electron chi connectivity index (χ0n) is 9.37. The van der Waals surface area contributed by atoms with Gasteiger partial charge in [0, 0.05) is 6.04 Å². The molecule has 1 heterocycles. The highest BCUT2D eigenvalue weighted by molar-refractivity contribution is 5.38. The standard InChI is InChI=1S/C12H14N4O/c13-10-2-1-3-11-12(10)16(15-14-11)8-4-6-9(17)7-5-8/h4-7,10,17H,1-3,13H2. The van der Waals surface area contributed by atoms with Gasteiger partial charge in [-0.2, -0.15) is 0 Å². The van der Waals surface area contributed by atoms with E-state index in [1.54, 1.807) is 16.8 Å². The summed E-state index contributed by atoms with van der Waals surface area (Å²) in [5.74, 6) is 0.243. The van der Waals surface area contributed by atoms with Crippen LogP contribution in [-0.4, -0.2) is 20.1 Å². The van der Waals surface area contributed by atoms with Gasteiger partial charge in [0.25, 0.3) is 0 Å². The predicted octanol–water partition coefficient (Wildman–Crippen LogP) is 1.31. The van der Waals surface area contributed by atoms with Gasteiger partial charge in [0.1, 0.15) is 5.75 Å². The van der Waals surface area contributed by atoms with Crippen LogP contribution in [0.1, 0.15) is 30.3 Å². The molecule has 1 aliphatic rings. The summed E-state index contributed by atoms with van der Waals surface area (Å²) in [6.45, 7) is 0. The van der Waals surface area contributed by atoms with E-state index in [4.69, 9.17) is 5.73 Å². The van der Waals surface area contributed by atoms with Crippen molar-refractivity contribution in [2.75, 3.05) is 0 Å². The molecule has 1 unspecified atom stereocenters. The number of benzene rings is 1. The number of aromatic hydroxyl groups is 1. The van der Waals surface area contributed by atoms with E-state index in [2.05, 4.69) is 10.3 Å². The lowest BCUT2D eigenvalue weighted by Gasteiger charge is -2.19. The third-order valence-electron chi connectivity index (χ3n) is 3.15. The number of rotatable bonds is 1. The Bertz CT molecular complexity index is 532. The second-order valence-electron chi connectivity index (χ2n) is 4.35. The van der Waals surface area contributed by atoms with E-state index in [1.807, 2.05) is 12.1 Å². The van der Waals surface area contributed by atoms with Crippen molar-refractivity contribution >= 4 is 0 Å². The molecule has 0 spiro atoms. The minimum absolute atomic E-state index is 0.00236. The Morgan fingerprint density at radius 1 is 1.29 bits per heavy atom. The first-order chi connectivity index (χ1) is 8.25. The van der Waals surface area contributed by atoms with Crippen molar-refractivity contribution < 1.29 is 5.11 Å². The fraction of sp³-hybridized carbons (Fsp3) is 0.333. The van der Waals surface area contributed by atoms with Gasteiger partial charge in [-0.15, -0.1) is 5.10 Å². The number of hydrogen-bond donors (Lipinski definition) is 2. The number of fused-ring (bicyclic) bond motifs is 1. The van der Waals surface area contributed by atoms with Crippen LogP contribution >= 0.6 is 0 Å². The van der Waals surface area contributed by atoms with Crippen LogP contribution in [0.5, 0.6) is 5.75 Å². The fourth-order valence-electron chi connectivity index (χ4n) is 2.28. The monoisotopic (exact) mass is 230 g/mol. The molecule has 88 valence electrons. The van der Waals surface area contributed by atoms with Gasteiger partial charge in [-0.3, -0.25) is 0 Å². The largest absolute Gasteiger partial charge is 0.508 e. The van der Waals surface area contributed by atoms with Gasteiger partial charge in [-0.1, -0.05) is 5.21 Å². The van der Waals surface area contributed by atoms with Crippen LogP contribution in [-0.2, 0) is 6.42 Å². The number of aromatic nitrogens is 3. The van der Waals surface area contributed by atoms with E-state index >= 15 is 0 Å². The highest BCUT2D eigenvalue weighted by Crippen LogP contribution is 2.28. The van der Waals surface area contributed by atoms with Crippen LogP contribution < -0.4 is 5.73 Å². The molecule has 1 aromatic carbocycles. The highest BCUT2D eigenvalue weighted by Gasteiger charge is 2.24. The van der Waals surface area contributed by atoms with Crippen LogP contribution in [0, 0.1) is 0 Å². The molecule has 1 aromatic heterocycles. The first-order valence-electron chi connectivity index (χ1n) is 5.75. The summed E-state index contributed by atoms with van der Waals surface area (Å²) in [6, 6.07) is 6.90. The molecule has 3 rings (SSSR count). The van der Waals surface area contributed by atoms with Gasteiger partial charge in [0.15, 0.2) is 0 Å². The number of nitrogens with zero attached hydrogens (tertiary/aromatic N) is 3. The summed E-state index contributed by atoms with van der Waals surface area (Å²) in [4.78, 5) is 0. The second kappa shape index (κ2) is 3.85. The van der Waals surface area contributed by atoms with E-state index < -0.39 is 0 Å². The summed E-state index contributed by atoms with van der Waals surface area (Å²) in [7, 11) is 0. The van der Waals surface area contributed by atoms with Crippen molar-refractivity contribution in [2.45, 2.75) is 25.3 Å². The lowest BCUT2D eigenvalue weighted by Crippen LogP contribution is -2.20. The minimum atomic E-state index is 0.00236. The Balaban J connectivity index is 2.09. The Morgan fingerprint density at radius 2 is 2.06 bits per heavy atom. The molecule has 0 bridgehead atoms. The maximum Gasteiger partial charge on any atom is 0.115 e. The van der Waals surface area contributed by atoms with Gasteiger partial charge in [-0.25, -0.2) is 4.68 Å². The van der Waals surface area contributed by atoms with Gasteiger partial charge >= 0.3 is 0 Å². The summed E-state index contributed by atoms with van der Waals surface area (Å²) in [5.41, 5.74) is 8.99. The van der Waals surface area contributed by atoms with Crippen LogP contribution in [0.25, 0.3) is 5.69 Å². The Morgan fingerprint density at radius 3 is 2.82 bits per heavy atom. The van der Waals surface area contributed by atoms with E-state index in [0.717, 1.165) is 36.3 Å². The topological polar surface area (TPSA) is 77.0 Å². The zero-order chi connectivity index (χ0) is 11.8. The number of aryl methyl sites for hydroxylation is 1. The molecule has 1 atom stereocenters. The zero-order valence-corrected chi connectivity index (χ0v) is 9.37. The second-order valence-corrected chi connectivity index (χ2v) is 4.35. The molecule has 5 heteroatoms. The number of nitrogens with two attached hydrogens (primary N) is 1. The van der Waals surface area contributed by atoms with Crippen molar-refractivity contribution in [1.82, 2.24) is 15.0 Å². The molecule has 0 radical (unpaired) electrons. The average Bonchev–Trinajstić information content (AvgIpc) is 2.75. The van der Waals surface area contributed by atoms with Crippen molar-refractivity contribution in [2.24, 2.45) is 5.73 Å². The normalized spacial score (nSPS) is 19.0. The quantitative estimate of drug-likeness (QED) is 0.774. The number of hydrogen-bond acceptors (Lipinski definition) is 4. The minimum Gasteiger partial charge on any atom is -0.508 e. The molecule has 0 amide bonds. The molecule has 17 heavy (non-hydrogen) atoms. The van der Waals surface area contributed by atoms with Crippen LogP contribution in [0.3, 0.4) is 0 Å². The first kappa shape index (κ1) is 10.3. The van der Waals surface area contributed by atoms with E-state index in [-0.39, 0.29) is 11.8 Å². The molecule has 3 N–H and O–H groups in total. The Kier molecular flexibility index (Phi) is 2.33. The van der Waals surface area contributed by atoms with Gasteiger partial charge in [0.2, 0.25) is 0 Å². The molecular weight excluding hydrogens is 216 g/mol. The van der Waals surface area contributed by atoms with Crippen molar-refractivity contribution in [3.8, 4) is 11.4 Å². The summed E-state index contributed by atoms with van der Waals surface area (Å²) < 4.78 is 1.78. The van der Waals surface area contributed by atoms with E-state index in [9.17, 15) is 5.11 Å². The Hall–Kier alpha value is -1.88. The maximum atomic E-state index is 9.27.